The van der Waals surface area contributed by atoms with Crippen molar-refractivity contribution in [2.75, 3.05) is 14.2 Å². The van der Waals surface area contributed by atoms with Gasteiger partial charge in [-0.15, -0.1) is 0 Å². The van der Waals surface area contributed by atoms with Crippen molar-refractivity contribution in [3.05, 3.63) is 58.6 Å². The third-order valence-corrected chi connectivity index (χ3v) is 5.11. The lowest BCUT2D eigenvalue weighted by atomic mass is 10.0. The first kappa shape index (κ1) is 19.0. The summed E-state index contributed by atoms with van der Waals surface area (Å²) in [6.45, 7) is 0. The fourth-order valence-corrected chi connectivity index (χ4v) is 3.73. The fourth-order valence-electron chi connectivity index (χ4n) is 3.47. The molecule has 2 aromatic carbocycles. The van der Waals surface area contributed by atoms with Gasteiger partial charge in [-0.3, -0.25) is 4.79 Å². The van der Waals surface area contributed by atoms with Crippen molar-refractivity contribution >= 4 is 23.5 Å². The molecule has 142 valence electrons. The van der Waals surface area contributed by atoms with Crippen molar-refractivity contribution in [1.29, 1.82) is 0 Å². The second-order valence-corrected chi connectivity index (χ2v) is 6.69. The number of amides is 1. The summed E-state index contributed by atoms with van der Waals surface area (Å²) in [5.74, 6) is -0.522. The van der Waals surface area contributed by atoms with E-state index in [1.165, 1.54) is 19.1 Å². The van der Waals surface area contributed by atoms with E-state index in [9.17, 15) is 14.7 Å². The maximum Gasteiger partial charge on any atom is 0.326 e. The monoisotopic (exact) mass is 389 g/mol. The average molecular weight is 390 g/mol. The van der Waals surface area contributed by atoms with E-state index in [1.807, 2.05) is 12.1 Å². The summed E-state index contributed by atoms with van der Waals surface area (Å²) in [6, 6.07) is 10.7. The normalized spacial score (nSPS) is 19.0. The van der Waals surface area contributed by atoms with Crippen LogP contribution in [0.5, 0.6) is 11.5 Å². The van der Waals surface area contributed by atoms with Crippen LogP contribution in [0.25, 0.3) is 0 Å². The Labute approximate surface area is 162 Å². The van der Waals surface area contributed by atoms with Crippen molar-refractivity contribution in [3.63, 3.8) is 0 Å². The van der Waals surface area contributed by atoms with Crippen LogP contribution in [0.3, 0.4) is 0 Å². The van der Waals surface area contributed by atoms with Crippen LogP contribution in [0.2, 0.25) is 5.02 Å². The van der Waals surface area contributed by atoms with Crippen LogP contribution in [0.15, 0.2) is 42.5 Å². The minimum atomic E-state index is -1.03. The molecule has 0 aliphatic carbocycles. The van der Waals surface area contributed by atoms with Crippen molar-refractivity contribution in [2.24, 2.45) is 0 Å². The summed E-state index contributed by atoms with van der Waals surface area (Å²) in [6.07, 6.45) is 0.881. The van der Waals surface area contributed by atoms with Gasteiger partial charge in [0.1, 0.15) is 17.5 Å². The van der Waals surface area contributed by atoms with E-state index < -0.39 is 24.0 Å². The Bertz CT molecular complexity index is 847. The molecule has 1 amide bonds. The number of rotatable bonds is 5. The topological polar surface area (TPSA) is 76.1 Å². The highest BCUT2D eigenvalue weighted by molar-refractivity contribution is 6.31. The van der Waals surface area contributed by atoms with Gasteiger partial charge in [0.25, 0.3) is 5.91 Å². The van der Waals surface area contributed by atoms with Crippen molar-refractivity contribution in [2.45, 2.75) is 24.9 Å². The molecule has 0 spiro atoms. The average Bonchev–Trinajstić information content (AvgIpc) is 3.12. The lowest BCUT2D eigenvalue weighted by Gasteiger charge is -2.29. The van der Waals surface area contributed by atoms with E-state index in [-0.39, 0.29) is 0 Å². The first-order chi connectivity index (χ1) is 13.0. The maximum absolute atomic E-state index is 13.3. The summed E-state index contributed by atoms with van der Waals surface area (Å²) in [7, 11) is 2.98. The van der Waals surface area contributed by atoms with Crippen molar-refractivity contribution in [1.82, 2.24) is 4.90 Å². The van der Waals surface area contributed by atoms with Gasteiger partial charge in [-0.1, -0.05) is 29.8 Å². The van der Waals surface area contributed by atoms with Gasteiger partial charge in [0, 0.05) is 16.7 Å². The van der Waals surface area contributed by atoms with Gasteiger partial charge in [0.05, 0.1) is 20.3 Å². The summed E-state index contributed by atoms with van der Waals surface area (Å²) in [5.41, 5.74) is 1.04. The Balaban J connectivity index is 2.05. The predicted molar refractivity (Wildman–Crippen MR) is 101 cm³/mol. The molecule has 0 aromatic heterocycles. The molecule has 6 nitrogen and oxygen atoms in total. The fraction of sp³-hybridized carbons (Fsp3) is 0.300. The van der Waals surface area contributed by atoms with E-state index in [1.54, 1.807) is 30.3 Å². The van der Waals surface area contributed by atoms with Crippen LogP contribution in [0, 0.1) is 0 Å². The molecule has 3 rings (SSSR count). The first-order valence-corrected chi connectivity index (χ1v) is 8.87. The zero-order chi connectivity index (χ0) is 19.6. The molecular formula is C20H20ClNO5. The van der Waals surface area contributed by atoms with Crippen LogP contribution in [-0.4, -0.2) is 42.1 Å². The molecule has 0 bridgehead atoms. The maximum atomic E-state index is 13.3. The molecule has 1 unspecified atom stereocenters. The van der Waals surface area contributed by atoms with E-state index >= 15 is 0 Å². The number of hydrogen-bond acceptors (Lipinski definition) is 4. The van der Waals surface area contributed by atoms with Crippen LogP contribution >= 0.6 is 11.6 Å². The van der Waals surface area contributed by atoms with Crippen molar-refractivity contribution in [3.8, 4) is 11.5 Å². The number of halogens is 1. The number of ether oxygens (including phenoxy) is 2. The molecular weight excluding hydrogens is 370 g/mol. The molecule has 0 saturated carbocycles. The largest absolute Gasteiger partial charge is 0.497 e. The minimum absolute atomic E-state index is 0.302. The number of carboxylic acid groups (broad SMARTS) is 1. The minimum Gasteiger partial charge on any atom is -0.497 e. The number of methoxy groups -OCH3 is 2. The van der Waals surface area contributed by atoms with Gasteiger partial charge in [0.15, 0.2) is 0 Å². The third kappa shape index (κ3) is 3.71. The molecule has 2 atom stereocenters. The van der Waals surface area contributed by atoms with Crippen molar-refractivity contribution < 1.29 is 24.2 Å². The van der Waals surface area contributed by atoms with Gasteiger partial charge >= 0.3 is 5.97 Å². The van der Waals surface area contributed by atoms with Gasteiger partial charge in [-0.05, 0) is 36.6 Å². The molecule has 27 heavy (non-hydrogen) atoms. The smallest absolute Gasteiger partial charge is 0.326 e. The van der Waals surface area contributed by atoms with Gasteiger partial charge in [-0.25, -0.2) is 4.79 Å². The first-order valence-electron chi connectivity index (χ1n) is 8.49. The molecule has 1 aliphatic heterocycles. The van der Waals surface area contributed by atoms with Gasteiger partial charge < -0.3 is 19.5 Å². The Kier molecular flexibility index (Phi) is 5.56. The predicted octanol–water partition coefficient (Wildman–Crippen LogP) is 3.79. The molecule has 0 radical (unpaired) electrons. The molecule has 1 saturated heterocycles. The van der Waals surface area contributed by atoms with Crippen LogP contribution < -0.4 is 9.47 Å². The highest BCUT2D eigenvalue weighted by Gasteiger charge is 2.42. The number of carboxylic acids is 1. The lowest BCUT2D eigenvalue weighted by Crippen LogP contribution is -2.41. The number of hydrogen-bond donors (Lipinski definition) is 1. The number of carbonyl (C=O) groups excluding carboxylic acids is 1. The zero-order valence-corrected chi connectivity index (χ0v) is 15.8. The summed E-state index contributed by atoms with van der Waals surface area (Å²) in [4.78, 5) is 26.5. The number of carbonyl (C=O) groups is 2. The van der Waals surface area contributed by atoms with Gasteiger partial charge in [0.2, 0.25) is 0 Å². The van der Waals surface area contributed by atoms with E-state index in [2.05, 4.69) is 0 Å². The van der Waals surface area contributed by atoms with Gasteiger partial charge in [-0.2, -0.15) is 0 Å². The Morgan fingerprint density at radius 3 is 2.26 bits per heavy atom. The van der Waals surface area contributed by atoms with E-state index in [0.29, 0.717) is 34.9 Å². The standard InChI is InChI=1S/C20H20ClNO5/c1-26-13-9-12(10-14(11-13)27-2)19(23)22-17(7-8-18(22)20(24)25)15-5-3-4-6-16(15)21/h3-6,9-11,17-18H,7-8H2,1-2H3,(H,24,25)/t17?,18-/m0/s1. The zero-order valence-electron chi connectivity index (χ0n) is 15.0. The Hall–Kier alpha value is -2.73. The lowest BCUT2D eigenvalue weighted by molar-refractivity contribution is -0.141. The summed E-state index contributed by atoms with van der Waals surface area (Å²) >= 11 is 6.32. The number of aliphatic carboxylic acids is 1. The number of likely N-dealkylation sites (tertiary alicyclic amines) is 1. The summed E-state index contributed by atoms with van der Waals surface area (Å²) in [5, 5.41) is 10.1. The molecule has 1 aliphatic rings. The molecule has 2 aromatic rings. The van der Waals surface area contributed by atoms with Crippen LogP contribution in [0.4, 0.5) is 0 Å². The highest BCUT2D eigenvalue weighted by Crippen LogP contribution is 2.40. The summed E-state index contributed by atoms with van der Waals surface area (Å²) < 4.78 is 10.5. The quantitative estimate of drug-likeness (QED) is 0.842. The third-order valence-electron chi connectivity index (χ3n) is 4.77. The highest BCUT2D eigenvalue weighted by atomic mass is 35.5. The number of benzene rings is 2. The second kappa shape index (κ2) is 7.88. The number of nitrogens with zero attached hydrogens (tertiary/aromatic N) is 1. The Morgan fingerprint density at radius 2 is 1.70 bits per heavy atom. The van der Waals surface area contributed by atoms with Crippen LogP contribution in [0.1, 0.15) is 34.8 Å². The van der Waals surface area contributed by atoms with E-state index in [0.717, 1.165) is 5.56 Å². The Morgan fingerprint density at radius 1 is 1.07 bits per heavy atom. The second-order valence-electron chi connectivity index (χ2n) is 6.28. The molecule has 1 N–H and O–H groups in total. The van der Waals surface area contributed by atoms with Crippen LogP contribution in [-0.2, 0) is 4.79 Å². The SMILES string of the molecule is COc1cc(OC)cc(C(=O)N2C(c3ccccc3Cl)CC[C@H]2C(=O)O)c1. The van der Waals surface area contributed by atoms with E-state index in [4.69, 9.17) is 21.1 Å². The molecule has 1 fully saturated rings. The molecule has 7 heteroatoms. The molecule has 1 heterocycles.